The Balaban J connectivity index is 0.000000241. The first kappa shape index (κ1) is 47.4. The van der Waals surface area contributed by atoms with Crippen molar-refractivity contribution in [1.82, 2.24) is 28.2 Å². The second-order valence-electron chi connectivity index (χ2n) is 13.0. The van der Waals surface area contributed by atoms with Crippen molar-refractivity contribution in [2.45, 2.75) is 23.9 Å². The summed E-state index contributed by atoms with van der Waals surface area (Å²) in [6, 6.07) is 12.1. The number of nitro groups is 1. The van der Waals surface area contributed by atoms with E-state index in [1.165, 1.54) is 76.5 Å². The van der Waals surface area contributed by atoms with Crippen molar-refractivity contribution >= 4 is 46.8 Å². The predicted molar refractivity (Wildman–Crippen MR) is 229 cm³/mol. The lowest BCUT2D eigenvalue weighted by Crippen LogP contribution is -2.38. The smallest absolute Gasteiger partial charge is 0.335 e. The first-order valence-corrected chi connectivity index (χ1v) is 20.2. The third-order valence-corrected chi connectivity index (χ3v) is 10.8. The maximum atomic E-state index is 14.8. The number of carbonyl (C=O) groups excluding carboxylic acids is 2. The Bertz CT molecular complexity index is 3050. The number of nitrogen functional groups attached to an aromatic ring is 1. The maximum absolute atomic E-state index is 14.8. The van der Waals surface area contributed by atoms with Crippen LogP contribution in [0, 0.1) is 35.6 Å². The number of carbonyl (C=O) groups is 2. The highest BCUT2D eigenvalue weighted by atomic mass is 32.2. The largest absolute Gasteiger partial charge is 0.468 e. The van der Waals surface area contributed by atoms with Gasteiger partial charge in [0, 0.05) is 68.2 Å². The van der Waals surface area contributed by atoms with Gasteiger partial charge in [-0.1, -0.05) is 23.5 Å². The van der Waals surface area contributed by atoms with Gasteiger partial charge in [0.15, 0.2) is 23.1 Å². The van der Waals surface area contributed by atoms with E-state index in [0.717, 1.165) is 46.3 Å². The quantitative estimate of drug-likeness (QED) is 0.0555. The van der Waals surface area contributed by atoms with Gasteiger partial charge in [0.25, 0.3) is 11.1 Å². The van der Waals surface area contributed by atoms with E-state index >= 15 is 0 Å². The Morgan fingerprint density at radius 2 is 1.12 bits per heavy atom. The zero-order valence-corrected chi connectivity index (χ0v) is 36.2. The van der Waals surface area contributed by atoms with E-state index < -0.39 is 68.1 Å². The first-order chi connectivity index (χ1) is 30.4. The highest BCUT2D eigenvalue weighted by Crippen LogP contribution is 2.38. The average molecular weight is 923 g/mol. The summed E-state index contributed by atoms with van der Waals surface area (Å²) < 4.78 is 53.7. The van der Waals surface area contributed by atoms with Gasteiger partial charge >= 0.3 is 29.0 Å². The van der Waals surface area contributed by atoms with Crippen LogP contribution in [0.4, 0.5) is 20.2 Å². The number of thioether (sulfide) groups is 2. The number of aryl methyl sites for hydroxylation is 2. The maximum Gasteiger partial charge on any atom is 0.335 e. The van der Waals surface area contributed by atoms with Crippen LogP contribution in [-0.2, 0) is 33.2 Å². The van der Waals surface area contributed by atoms with E-state index in [2.05, 4.69) is 19.4 Å². The normalized spacial score (nSPS) is 10.7. The van der Waals surface area contributed by atoms with Gasteiger partial charge in [0.05, 0.1) is 53.8 Å². The number of pyridine rings is 2. The Morgan fingerprint density at radius 1 is 0.703 bits per heavy atom. The lowest BCUT2D eigenvalue weighted by Gasteiger charge is -2.15. The number of benzene rings is 2. The summed E-state index contributed by atoms with van der Waals surface area (Å²) in [6.45, 7) is 3.13. The summed E-state index contributed by atoms with van der Waals surface area (Å²) >= 11 is 2.05. The number of aromatic nitrogens is 6. The molecule has 0 aliphatic carbocycles. The predicted octanol–water partition coefficient (Wildman–Crippen LogP) is 4.36. The average Bonchev–Trinajstić information content (AvgIpc) is 3.26. The molecule has 0 spiro atoms. The molecule has 0 amide bonds. The molecule has 24 heteroatoms. The number of anilines is 1. The van der Waals surface area contributed by atoms with E-state index in [4.69, 9.17) is 15.2 Å². The van der Waals surface area contributed by atoms with Crippen LogP contribution in [0.25, 0.3) is 11.4 Å². The van der Waals surface area contributed by atoms with Crippen LogP contribution in [0.15, 0.2) is 102 Å². The zero-order chi connectivity index (χ0) is 47.0. The van der Waals surface area contributed by atoms with Gasteiger partial charge < -0.3 is 33.8 Å². The standard InChI is InChI=1S/C20H17FN4O7S.C20H19FN4O5S/c1-11-7-17(26)24(20(28)23(11)2)13-9-16(14(25(29)30)8-12(13)21)32-15-5-4-6-22-19(15)33-10-18(27)31-3;1-11-7-17(26)25(20(28)24(11)2)14-9-16(13(22)8-12(14)21)30-15-5-4-6-23-19(15)31-10-18(27)29-3/h4-9H,10H2,1-3H3;4-9H,10,22H2,1-3H3. The molecule has 4 aromatic heterocycles. The number of ether oxygens (including phenoxy) is 4. The summed E-state index contributed by atoms with van der Waals surface area (Å²) in [4.78, 5) is 91.8. The summed E-state index contributed by atoms with van der Waals surface area (Å²) in [7, 11) is 5.37. The Hall–Kier alpha value is -7.60. The van der Waals surface area contributed by atoms with Gasteiger partial charge in [-0.3, -0.25) is 29.3 Å². The van der Waals surface area contributed by atoms with Gasteiger partial charge in [-0.2, -0.15) is 0 Å². The minimum absolute atomic E-state index is 0.00280. The molecule has 0 bridgehead atoms. The number of nitrogens with two attached hydrogens (primary N) is 1. The summed E-state index contributed by atoms with van der Waals surface area (Å²) in [5, 5.41) is 12.1. The Kier molecular flexibility index (Phi) is 15.2. The lowest BCUT2D eigenvalue weighted by molar-refractivity contribution is -0.385. The van der Waals surface area contributed by atoms with E-state index in [1.54, 1.807) is 19.1 Å². The molecule has 0 aliphatic rings. The molecule has 0 saturated carbocycles. The van der Waals surface area contributed by atoms with E-state index in [1.807, 2.05) is 0 Å². The van der Waals surface area contributed by atoms with Crippen LogP contribution in [0.5, 0.6) is 23.0 Å². The molecule has 0 fully saturated rings. The molecule has 4 heterocycles. The van der Waals surface area contributed by atoms with Crippen molar-refractivity contribution in [1.29, 1.82) is 0 Å². The molecule has 6 aromatic rings. The van der Waals surface area contributed by atoms with Crippen LogP contribution in [0.1, 0.15) is 11.4 Å². The molecule has 0 atom stereocenters. The van der Waals surface area contributed by atoms with Crippen molar-refractivity contribution in [3.8, 4) is 34.4 Å². The van der Waals surface area contributed by atoms with Crippen molar-refractivity contribution in [3.05, 3.63) is 148 Å². The molecule has 2 aromatic carbocycles. The molecule has 0 saturated heterocycles. The third-order valence-electron chi connectivity index (χ3n) is 8.93. The molecule has 6 rings (SSSR count). The number of halogens is 2. The van der Waals surface area contributed by atoms with E-state index in [-0.39, 0.29) is 45.2 Å². The molecular weight excluding hydrogens is 887 g/mol. The SMILES string of the molecule is COC(=O)CSc1ncccc1Oc1cc(-n2c(=O)cc(C)n(C)c2=O)c(F)cc1N.COC(=O)CSc1ncccc1Oc1cc(-n2c(=O)cc(C)n(C)c2=O)c(F)cc1[N+](=O)[O-]. The molecule has 0 unspecified atom stereocenters. The number of nitrogens with zero attached hydrogens (tertiary/aromatic N) is 7. The number of methoxy groups -OCH3 is 2. The number of esters is 2. The van der Waals surface area contributed by atoms with Crippen LogP contribution in [0.3, 0.4) is 0 Å². The summed E-state index contributed by atoms with van der Waals surface area (Å²) in [5.74, 6) is -3.22. The Morgan fingerprint density at radius 3 is 1.56 bits per heavy atom. The van der Waals surface area contributed by atoms with Gasteiger partial charge in [-0.05, 0) is 38.1 Å². The fourth-order valence-electron chi connectivity index (χ4n) is 5.39. The van der Waals surface area contributed by atoms with Crippen molar-refractivity contribution in [2.24, 2.45) is 14.1 Å². The molecule has 20 nitrogen and oxygen atoms in total. The monoisotopic (exact) mass is 922 g/mol. The second kappa shape index (κ2) is 20.5. The number of hydrogen-bond donors (Lipinski definition) is 1. The summed E-state index contributed by atoms with van der Waals surface area (Å²) in [6.07, 6.45) is 2.94. The van der Waals surface area contributed by atoms with Crippen LogP contribution in [0.2, 0.25) is 0 Å². The topological polar surface area (TPSA) is 254 Å². The molecule has 0 aliphatic heterocycles. The van der Waals surface area contributed by atoms with Crippen molar-refractivity contribution < 1.29 is 42.2 Å². The van der Waals surface area contributed by atoms with Crippen LogP contribution < -0.4 is 37.7 Å². The fraction of sp³-hybridized carbons (Fsp3) is 0.200. The number of rotatable bonds is 13. The summed E-state index contributed by atoms with van der Waals surface area (Å²) in [5.41, 5.74) is 2.02. The minimum Gasteiger partial charge on any atom is -0.468 e. The van der Waals surface area contributed by atoms with Crippen molar-refractivity contribution in [3.63, 3.8) is 0 Å². The highest BCUT2D eigenvalue weighted by Gasteiger charge is 2.25. The zero-order valence-electron chi connectivity index (χ0n) is 34.5. The van der Waals surface area contributed by atoms with Crippen LogP contribution >= 0.6 is 23.5 Å². The lowest BCUT2D eigenvalue weighted by atomic mass is 10.2. The molecule has 2 N–H and O–H groups in total. The fourth-order valence-corrected chi connectivity index (χ4v) is 6.91. The van der Waals surface area contributed by atoms with Crippen molar-refractivity contribution in [2.75, 3.05) is 31.5 Å². The highest BCUT2D eigenvalue weighted by molar-refractivity contribution is 8.00. The molecule has 0 radical (unpaired) electrons. The van der Waals surface area contributed by atoms with Gasteiger partial charge in [-0.15, -0.1) is 0 Å². The number of hydrogen-bond acceptors (Lipinski definition) is 17. The molecule has 334 valence electrons. The van der Waals surface area contributed by atoms with E-state index in [0.29, 0.717) is 31.6 Å². The van der Waals surface area contributed by atoms with Gasteiger partial charge in [0.2, 0.25) is 5.75 Å². The van der Waals surface area contributed by atoms with Gasteiger partial charge in [-0.25, -0.2) is 37.5 Å². The Labute approximate surface area is 368 Å². The third kappa shape index (κ3) is 10.7. The number of nitro benzene ring substituents is 1. The van der Waals surface area contributed by atoms with E-state index in [9.17, 15) is 47.7 Å². The van der Waals surface area contributed by atoms with Gasteiger partial charge in [0.1, 0.15) is 15.9 Å². The molecular formula is C40H36F2N8O12S2. The first-order valence-electron chi connectivity index (χ1n) is 18.2. The molecule has 64 heavy (non-hydrogen) atoms. The minimum atomic E-state index is -1.16. The second-order valence-corrected chi connectivity index (χ2v) is 14.9. The van der Waals surface area contributed by atoms with Crippen LogP contribution in [-0.4, -0.2) is 70.8 Å².